The lowest BCUT2D eigenvalue weighted by atomic mass is 9.90. The molecule has 5 rings (SSSR count). The quantitative estimate of drug-likeness (QED) is 0.786. The van der Waals surface area contributed by atoms with Crippen molar-refractivity contribution in [3.63, 3.8) is 0 Å². The number of ether oxygens (including phenoxy) is 2. The average Bonchev–Trinajstić information content (AvgIpc) is 3.15. The number of fused-ring (bicyclic) bond motifs is 5. The summed E-state index contributed by atoms with van der Waals surface area (Å²) >= 11 is 0. The van der Waals surface area contributed by atoms with Crippen molar-refractivity contribution in [1.82, 2.24) is 4.90 Å². The second-order valence-corrected chi connectivity index (χ2v) is 7.39. The topological polar surface area (TPSA) is 51.9 Å². The SMILES string of the molecule is O=c1oc2c3c(ccc2c2c1CCCC2)OCN(C[C@H]1CCCO1)C3. The summed E-state index contributed by atoms with van der Waals surface area (Å²) in [5.74, 6) is 0.843. The smallest absolute Gasteiger partial charge is 0.339 e. The van der Waals surface area contributed by atoms with Gasteiger partial charge in [-0.2, -0.15) is 0 Å². The minimum absolute atomic E-state index is 0.160. The van der Waals surface area contributed by atoms with Crippen molar-refractivity contribution >= 4 is 11.0 Å². The van der Waals surface area contributed by atoms with Crippen LogP contribution in [0.15, 0.2) is 21.3 Å². The van der Waals surface area contributed by atoms with Crippen LogP contribution >= 0.6 is 0 Å². The summed E-state index contributed by atoms with van der Waals surface area (Å²) < 4.78 is 17.5. The molecule has 132 valence electrons. The van der Waals surface area contributed by atoms with Crippen LogP contribution in [0.25, 0.3) is 11.0 Å². The van der Waals surface area contributed by atoms with Gasteiger partial charge in [0.25, 0.3) is 0 Å². The van der Waals surface area contributed by atoms with Crippen LogP contribution in [-0.4, -0.2) is 30.9 Å². The molecule has 5 nitrogen and oxygen atoms in total. The van der Waals surface area contributed by atoms with Gasteiger partial charge in [-0.3, -0.25) is 4.90 Å². The molecule has 5 heteroatoms. The van der Waals surface area contributed by atoms with E-state index in [1.54, 1.807) is 0 Å². The maximum absolute atomic E-state index is 12.5. The van der Waals surface area contributed by atoms with Gasteiger partial charge in [0.1, 0.15) is 18.1 Å². The van der Waals surface area contributed by atoms with Crippen LogP contribution in [0.4, 0.5) is 0 Å². The fourth-order valence-corrected chi connectivity index (χ4v) is 4.45. The fraction of sp³-hybridized carbons (Fsp3) is 0.550. The zero-order chi connectivity index (χ0) is 16.8. The molecule has 0 unspecified atom stereocenters. The van der Waals surface area contributed by atoms with Crippen molar-refractivity contribution in [3.05, 3.63) is 39.2 Å². The Balaban J connectivity index is 1.55. The van der Waals surface area contributed by atoms with Gasteiger partial charge in [-0.15, -0.1) is 0 Å². The second kappa shape index (κ2) is 6.15. The highest BCUT2D eigenvalue weighted by Gasteiger charge is 2.27. The molecule has 0 radical (unpaired) electrons. The van der Waals surface area contributed by atoms with E-state index in [2.05, 4.69) is 11.0 Å². The lowest BCUT2D eigenvalue weighted by Crippen LogP contribution is -2.37. The standard InChI is InChI=1S/C20H23NO4/c22-20-16-6-2-1-5-14(16)15-7-8-18-17(19(15)25-20)11-21(12-24-18)10-13-4-3-9-23-13/h7-8,13H,1-6,9-12H2/t13-/m1/s1. The lowest BCUT2D eigenvalue weighted by molar-refractivity contribution is 0.0281. The predicted molar refractivity (Wildman–Crippen MR) is 94.0 cm³/mol. The van der Waals surface area contributed by atoms with E-state index in [0.717, 1.165) is 86.1 Å². The summed E-state index contributed by atoms with van der Waals surface area (Å²) in [7, 11) is 0. The van der Waals surface area contributed by atoms with Crippen molar-refractivity contribution in [2.75, 3.05) is 19.9 Å². The van der Waals surface area contributed by atoms with E-state index in [9.17, 15) is 4.79 Å². The highest BCUT2D eigenvalue weighted by molar-refractivity contribution is 5.86. The van der Waals surface area contributed by atoms with Crippen LogP contribution in [0.5, 0.6) is 5.75 Å². The highest BCUT2D eigenvalue weighted by Crippen LogP contribution is 2.35. The monoisotopic (exact) mass is 341 g/mol. The summed E-state index contributed by atoms with van der Waals surface area (Å²) in [6.07, 6.45) is 6.57. The zero-order valence-electron chi connectivity index (χ0n) is 14.4. The van der Waals surface area contributed by atoms with E-state index < -0.39 is 0 Å². The summed E-state index contributed by atoms with van der Waals surface area (Å²) in [5.41, 5.74) is 3.64. The van der Waals surface area contributed by atoms with E-state index in [0.29, 0.717) is 12.8 Å². The van der Waals surface area contributed by atoms with Crippen LogP contribution in [0.1, 0.15) is 42.4 Å². The van der Waals surface area contributed by atoms with E-state index in [-0.39, 0.29) is 5.63 Å². The molecule has 0 spiro atoms. The molecule has 3 heterocycles. The first kappa shape index (κ1) is 15.4. The Kier molecular flexibility index (Phi) is 3.79. The average molecular weight is 341 g/mol. The van der Waals surface area contributed by atoms with E-state index in [1.807, 2.05) is 6.07 Å². The summed E-state index contributed by atoms with van der Waals surface area (Å²) in [5, 5.41) is 1.09. The van der Waals surface area contributed by atoms with Crippen LogP contribution in [0.3, 0.4) is 0 Å². The molecule has 0 amide bonds. The van der Waals surface area contributed by atoms with Gasteiger partial charge in [-0.05, 0) is 56.2 Å². The van der Waals surface area contributed by atoms with E-state index in [1.165, 1.54) is 5.56 Å². The number of hydrogen-bond donors (Lipinski definition) is 0. The first-order chi connectivity index (χ1) is 12.3. The Labute approximate surface area is 146 Å². The Hall–Kier alpha value is -1.85. The van der Waals surface area contributed by atoms with E-state index in [4.69, 9.17) is 13.9 Å². The molecule has 2 aromatic rings. The largest absolute Gasteiger partial charge is 0.478 e. The Morgan fingerprint density at radius 2 is 1.96 bits per heavy atom. The van der Waals surface area contributed by atoms with Gasteiger partial charge >= 0.3 is 5.63 Å². The van der Waals surface area contributed by atoms with Gasteiger partial charge in [0, 0.05) is 30.6 Å². The first-order valence-corrected chi connectivity index (χ1v) is 9.37. The van der Waals surface area contributed by atoms with Crippen molar-refractivity contribution in [3.8, 4) is 5.75 Å². The summed E-state index contributed by atoms with van der Waals surface area (Å²) in [4.78, 5) is 14.7. The van der Waals surface area contributed by atoms with Gasteiger partial charge in [0.05, 0.1) is 11.7 Å². The first-order valence-electron chi connectivity index (χ1n) is 9.37. The molecule has 1 atom stereocenters. The molecular weight excluding hydrogens is 318 g/mol. The van der Waals surface area contributed by atoms with Crippen molar-refractivity contribution in [2.24, 2.45) is 0 Å². The molecule has 1 aliphatic carbocycles. The van der Waals surface area contributed by atoms with E-state index >= 15 is 0 Å². The van der Waals surface area contributed by atoms with Gasteiger partial charge in [-0.1, -0.05) is 0 Å². The van der Waals surface area contributed by atoms with Gasteiger partial charge in [0.15, 0.2) is 0 Å². The Morgan fingerprint density at radius 1 is 1.08 bits per heavy atom. The summed E-state index contributed by atoms with van der Waals surface area (Å²) in [6.45, 7) is 3.03. The number of rotatable bonds is 2. The second-order valence-electron chi connectivity index (χ2n) is 7.39. The van der Waals surface area contributed by atoms with Crippen molar-refractivity contribution < 1.29 is 13.9 Å². The molecule has 1 aromatic heterocycles. The van der Waals surface area contributed by atoms with Gasteiger partial charge in [-0.25, -0.2) is 4.79 Å². The number of nitrogens with zero attached hydrogens (tertiary/aromatic N) is 1. The third-order valence-corrected chi connectivity index (χ3v) is 5.72. The molecule has 1 fully saturated rings. The number of benzene rings is 1. The zero-order valence-corrected chi connectivity index (χ0v) is 14.4. The minimum atomic E-state index is -0.160. The molecule has 2 aliphatic heterocycles. The number of aryl methyl sites for hydroxylation is 1. The van der Waals surface area contributed by atoms with Crippen LogP contribution in [0.2, 0.25) is 0 Å². The van der Waals surface area contributed by atoms with Crippen LogP contribution in [-0.2, 0) is 24.1 Å². The molecule has 3 aliphatic rings. The predicted octanol–water partition coefficient (Wildman–Crippen LogP) is 3.00. The van der Waals surface area contributed by atoms with Gasteiger partial charge < -0.3 is 13.9 Å². The highest BCUT2D eigenvalue weighted by atomic mass is 16.5. The number of hydrogen-bond acceptors (Lipinski definition) is 5. The minimum Gasteiger partial charge on any atom is -0.478 e. The normalized spacial score (nSPS) is 23.3. The Morgan fingerprint density at radius 3 is 2.80 bits per heavy atom. The van der Waals surface area contributed by atoms with Crippen molar-refractivity contribution in [2.45, 2.75) is 51.2 Å². The molecule has 1 saturated heterocycles. The molecule has 0 N–H and O–H groups in total. The third-order valence-electron chi connectivity index (χ3n) is 5.72. The Bertz CT molecular complexity index is 866. The lowest BCUT2D eigenvalue weighted by Gasteiger charge is -2.31. The molecular formula is C20H23NO4. The van der Waals surface area contributed by atoms with Crippen molar-refractivity contribution in [1.29, 1.82) is 0 Å². The fourth-order valence-electron chi connectivity index (χ4n) is 4.45. The maximum Gasteiger partial charge on any atom is 0.339 e. The maximum atomic E-state index is 12.5. The molecule has 25 heavy (non-hydrogen) atoms. The van der Waals surface area contributed by atoms with Crippen LogP contribution in [0, 0.1) is 0 Å². The van der Waals surface area contributed by atoms with Gasteiger partial charge in [0.2, 0.25) is 0 Å². The molecule has 0 saturated carbocycles. The molecule has 1 aromatic carbocycles. The molecule has 0 bridgehead atoms. The summed E-state index contributed by atoms with van der Waals surface area (Å²) in [6, 6.07) is 4.10. The third kappa shape index (κ3) is 2.66. The van der Waals surface area contributed by atoms with Crippen LogP contribution < -0.4 is 10.4 Å².